The summed E-state index contributed by atoms with van der Waals surface area (Å²) < 4.78 is 30.3. The second kappa shape index (κ2) is 5.98. The third kappa shape index (κ3) is 3.70. The first-order valence-corrected chi connectivity index (χ1v) is 8.23. The molecule has 2 aromatic carbocycles. The molecule has 0 fully saturated rings. The van der Waals surface area contributed by atoms with E-state index in [0.717, 1.165) is 9.64 Å². The number of nitrogens with zero attached hydrogens (tertiary/aromatic N) is 1. The summed E-state index contributed by atoms with van der Waals surface area (Å²) in [6, 6.07) is 10.1. The van der Waals surface area contributed by atoms with Crippen LogP contribution in [0, 0.1) is 20.6 Å². The third-order valence-corrected chi connectivity index (χ3v) is 4.72. The molecule has 0 saturated carbocycles. The van der Waals surface area contributed by atoms with E-state index >= 15 is 0 Å². The summed E-state index contributed by atoms with van der Waals surface area (Å²) in [5.74, 6) is 0.194. The van der Waals surface area contributed by atoms with Crippen molar-refractivity contribution in [1.82, 2.24) is 0 Å². The molecule has 0 aliphatic carbocycles. The highest BCUT2D eigenvalue weighted by molar-refractivity contribution is 14.1. The average Bonchev–Trinajstić information content (AvgIpc) is 2.37. The second-order valence-corrected chi connectivity index (χ2v) is 6.96. The Morgan fingerprint density at radius 3 is 2.48 bits per heavy atom. The normalized spacial score (nSPS) is 11.1. The van der Waals surface area contributed by atoms with Crippen molar-refractivity contribution in [3.8, 4) is 5.75 Å². The van der Waals surface area contributed by atoms with Gasteiger partial charge in [0.1, 0.15) is 10.6 Å². The predicted octanol–water partition coefficient (Wildman–Crippen LogP) is 3.28. The van der Waals surface area contributed by atoms with Crippen molar-refractivity contribution in [3.63, 3.8) is 0 Å². The quantitative estimate of drug-likeness (QED) is 0.329. The number of hydrogen-bond donors (Lipinski definition) is 0. The van der Waals surface area contributed by atoms with Crippen LogP contribution in [0.1, 0.15) is 5.56 Å². The Kier molecular flexibility index (Phi) is 4.47. The summed E-state index contributed by atoms with van der Waals surface area (Å²) in [5, 5.41) is 10.7. The molecule has 2 rings (SSSR count). The van der Waals surface area contributed by atoms with Crippen LogP contribution >= 0.6 is 22.6 Å². The molecule has 0 radical (unpaired) electrons. The summed E-state index contributed by atoms with van der Waals surface area (Å²) in [5.41, 5.74) is 0.0931. The maximum Gasteiger partial charge on any atom is 0.339 e. The van der Waals surface area contributed by atoms with Crippen LogP contribution in [0.4, 0.5) is 5.69 Å². The van der Waals surface area contributed by atoms with Crippen molar-refractivity contribution in [1.29, 1.82) is 0 Å². The number of aryl methyl sites for hydroxylation is 1. The summed E-state index contributed by atoms with van der Waals surface area (Å²) in [4.78, 5) is 10.00. The molecule has 0 aliphatic heterocycles. The molecule has 8 heteroatoms. The number of benzene rings is 2. The van der Waals surface area contributed by atoms with Crippen LogP contribution in [0.25, 0.3) is 0 Å². The van der Waals surface area contributed by atoms with Gasteiger partial charge in [0.15, 0.2) is 0 Å². The van der Waals surface area contributed by atoms with E-state index in [1.165, 1.54) is 25.1 Å². The van der Waals surface area contributed by atoms with Crippen LogP contribution in [0.2, 0.25) is 0 Å². The van der Waals surface area contributed by atoms with Crippen molar-refractivity contribution in [2.75, 3.05) is 0 Å². The summed E-state index contributed by atoms with van der Waals surface area (Å²) in [7, 11) is -4.03. The molecule has 0 amide bonds. The van der Waals surface area contributed by atoms with Crippen LogP contribution in [-0.4, -0.2) is 13.3 Å². The van der Waals surface area contributed by atoms with Crippen LogP contribution in [0.15, 0.2) is 47.4 Å². The van der Waals surface area contributed by atoms with Crippen molar-refractivity contribution >= 4 is 38.4 Å². The molecule has 0 N–H and O–H groups in total. The number of halogens is 1. The fourth-order valence-corrected chi connectivity index (χ4v) is 3.37. The summed E-state index contributed by atoms with van der Waals surface area (Å²) in [6.07, 6.45) is 0. The fraction of sp³-hybridized carbons (Fsp3) is 0.0769. The summed E-state index contributed by atoms with van der Waals surface area (Å²) >= 11 is 2.04. The smallest absolute Gasteiger partial charge is 0.339 e. The van der Waals surface area contributed by atoms with Crippen LogP contribution < -0.4 is 4.18 Å². The fourth-order valence-electron chi connectivity index (χ4n) is 1.72. The minimum atomic E-state index is -4.03. The van der Waals surface area contributed by atoms with E-state index in [9.17, 15) is 18.5 Å². The molecule has 0 unspecified atom stereocenters. The molecule has 0 heterocycles. The highest BCUT2D eigenvalue weighted by Gasteiger charge is 2.21. The first-order chi connectivity index (χ1) is 9.79. The molecule has 6 nitrogen and oxygen atoms in total. The maximum atomic E-state index is 12.2. The van der Waals surface area contributed by atoms with E-state index in [0.29, 0.717) is 0 Å². The molecular formula is C13H10INO5S. The Balaban J connectivity index is 2.38. The minimum absolute atomic E-state index is 0.0908. The van der Waals surface area contributed by atoms with Crippen molar-refractivity contribution in [2.45, 2.75) is 11.8 Å². The number of nitro groups is 1. The Labute approximate surface area is 135 Å². The van der Waals surface area contributed by atoms with Gasteiger partial charge in [-0.3, -0.25) is 10.1 Å². The van der Waals surface area contributed by atoms with E-state index in [1.54, 1.807) is 18.2 Å². The SMILES string of the molecule is Cc1cc([N+](=O)[O-])ccc1S(=O)(=O)Oc1cccc(I)c1. The van der Waals surface area contributed by atoms with Gasteiger partial charge >= 0.3 is 10.1 Å². The largest absolute Gasteiger partial charge is 0.379 e. The van der Waals surface area contributed by atoms with Crippen molar-refractivity contribution in [3.05, 3.63) is 61.7 Å². The van der Waals surface area contributed by atoms with Gasteiger partial charge in [-0.15, -0.1) is 0 Å². The number of non-ortho nitro benzene ring substituents is 1. The van der Waals surface area contributed by atoms with Gasteiger partial charge < -0.3 is 4.18 Å². The Morgan fingerprint density at radius 2 is 1.90 bits per heavy atom. The van der Waals surface area contributed by atoms with Crippen LogP contribution in [-0.2, 0) is 10.1 Å². The van der Waals surface area contributed by atoms with Crippen LogP contribution in [0.3, 0.4) is 0 Å². The van der Waals surface area contributed by atoms with Gasteiger partial charge in [0.05, 0.1) is 4.92 Å². The molecule has 0 spiro atoms. The Morgan fingerprint density at radius 1 is 1.19 bits per heavy atom. The van der Waals surface area contributed by atoms with Gasteiger partial charge in [0, 0.05) is 15.7 Å². The molecule has 0 atom stereocenters. The van der Waals surface area contributed by atoms with Crippen molar-refractivity contribution < 1.29 is 17.5 Å². The molecule has 0 aliphatic rings. The topological polar surface area (TPSA) is 86.5 Å². The number of hydrogen-bond acceptors (Lipinski definition) is 5. The lowest BCUT2D eigenvalue weighted by atomic mass is 10.2. The van der Waals surface area contributed by atoms with Gasteiger partial charge in [-0.25, -0.2) is 0 Å². The second-order valence-electron chi connectivity index (χ2n) is 4.20. The van der Waals surface area contributed by atoms with Gasteiger partial charge in [-0.1, -0.05) is 6.07 Å². The van der Waals surface area contributed by atoms with Gasteiger partial charge in [0.2, 0.25) is 0 Å². The molecule has 0 bridgehead atoms. The lowest BCUT2D eigenvalue weighted by Gasteiger charge is -2.09. The Hall–Kier alpha value is -1.68. The Bertz CT molecular complexity index is 804. The average molecular weight is 419 g/mol. The standard InChI is InChI=1S/C13H10INO5S/c1-9-7-11(15(16)17)5-6-13(9)21(18,19)20-12-4-2-3-10(14)8-12/h2-8H,1H3. The first kappa shape index (κ1) is 15.7. The highest BCUT2D eigenvalue weighted by Crippen LogP contribution is 2.25. The van der Waals surface area contributed by atoms with E-state index < -0.39 is 15.0 Å². The van der Waals surface area contributed by atoms with Crippen molar-refractivity contribution in [2.24, 2.45) is 0 Å². The molecule has 21 heavy (non-hydrogen) atoms. The van der Waals surface area contributed by atoms with Gasteiger partial charge in [-0.2, -0.15) is 8.42 Å². The zero-order valence-corrected chi connectivity index (χ0v) is 13.8. The minimum Gasteiger partial charge on any atom is -0.379 e. The van der Waals surface area contributed by atoms with Gasteiger partial charge in [-0.05, 0) is 59.3 Å². The molecular weight excluding hydrogens is 409 g/mol. The molecule has 2 aromatic rings. The third-order valence-electron chi connectivity index (χ3n) is 2.64. The number of rotatable bonds is 4. The van der Waals surface area contributed by atoms with E-state index in [-0.39, 0.29) is 21.9 Å². The van der Waals surface area contributed by atoms with Crippen LogP contribution in [0.5, 0.6) is 5.75 Å². The number of nitro benzene ring substituents is 1. The lowest BCUT2D eigenvalue weighted by Crippen LogP contribution is -2.11. The summed E-state index contributed by atoms with van der Waals surface area (Å²) in [6.45, 7) is 1.48. The lowest BCUT2D eigenvalue weighted by molar-refractivity contribution is -0.385. The molecule has 0 saturated heterocycles. The first-order valence-electron chi connectivity index (χ1n) is 5.75. The van der Waals surface area contributed by atoms with E-state index in [2.05, 4.69) is 0 Å². The predicted molar refractivity (Wildman–Crippen MR) is 84.8 cm³/mol. The van der Waals surface area contributed by atoms with Gasteiger partial charge in [0.25, 0.3) is 5.69 Å². The zero-order chi connectivity index (χ0) is 15.6. The molecule has 0 aromatic heterocycles. The highest BCUT2D eigenvalue weighted by atomic mass is 127. The zero-order valence-electron chi connectivity index (χ0n) is 10.8. The molecule has 110 valence electrons. The maximum absolute atomic E-state index is 12.2. The monoisotopic (exact) mass is 419 g/mol. The van der Waals surface area contributed by atoms with E-state index in [4.69, 9.17) is 4.18 Å². The van der Waals surface area contributed by atoms with E-state index in [1.807, 2.05) is 22.6 Å².